The van der Waals surface area contributed by atoms with E-state index in [-0.39, 0.29) is 5.82 Å². The van der Waals surface area contributed by atoms with Gasteiger partial charge in [0.2, 0.25) is 0 Å². The smallest absolute Gasteiger partial charge is 0.137 e. The van der Waals surface area contributed by atoms with Crippen LogP contribution in [0.15, 0.2) is 22.7 Å². The predicted molar refractivity (Wildman–Crippen MR) is 73.6 cm³/mol. The molecule has 3 nitrogen and oxygen atoms in total. The Balaban J connectivity index is 2.10. The third-order valence-corrected chi connectivity index (χ3v) is 4.37. The Morgan fingerprint density at radius 1 is 1.47 bits per heavy atom. The molecule has 1 aliphatic rings. The summed E-state index contributed by atoms with van der Waals surface area (Å²) in [6.45, 7) is 1.19. The third-order valence-electron chi connectivity index (χ3n) is 3.77. The highest BCUT2D eigenvalue weighted by molar-refractivity contribution is 9.10. The highest BCUT2D eigenvalue weighted by Gasteiger charge is 2.39. The normalized spacial score (nSPS) is 20.2. The fourth-order valence-corrected chi connectivity index (χ4v) is 2.89. The van der Waals surface area contributed by atoms with Crippen molar-refractivity contribution in [3.05, 3.63) is 34.1 Å². The number of aliphatic hydroxyl groups is 1. The molecule has 106 valence electrons. The van der Waals surface area contributed by atoms with Gasteiger partial charge >= 0.3 is 0 Å². The zero-order chi connectivity index (χ0) is 13.9. The van der Waals surface area contributed by atoms with Gasteiger partial charge < -0.3 is 14.6 Å². The monoisotopic (exact) mass is 332 g/mol. The van der Waals surface area contributed by atoms with Crippen molar-refractivity contribution in [1.29, 1.82) is 0 Å². The van der Waals surface area contributed by atoms with E-state index in [1.54, 1.807) is 19.2 Å². The number of methoxy groups -OCH3 is 1. The lowest BCUT2D eigenvalue weighted by molar-refractivity contribution is -0.151. The van der Waals surface area contributed by atoms with Crippen molar-refractivity contribution < 1.29 is 19.0 Å². The van der Waals surface area contributed by atoms with Gasteiger partial charge in [-0.15, -0.1) is 0 Å². The molecule has 1 heterocycles. The molecule has 1 aliphatic heterocycles. The number of ether oxygens (including phenoxy) is 2. The summed E-state index contributed by atoms with van der Waals surface area (Å²) in [5.41, 5.74) is 0.322. The third kappa shape index (κ3) is 3.34. The molecule has 2 rings (SSSR count). The van der Waals surface area contributed by atoms with Crippen LogP contribution < -0.4 is 0 Å². The summed E-state index contributed by atoms with van der Waals surface area (Å²) < 4.78 is 24.5. The second-order valence-electron chi connectivity index (χ2n) is 4.85. The molecule has 0 saturated carbocycles. The lowest BCUT2D eigenvalue weighted by Crippen LogP contribution is -2.49. The molecule has 1 fully saturated rings. The molecule has 0 bridgehead atoms. The van der Waals surface area contributed by atoms with Gasteiger partial charge in [-0.1, -0.05) is 6.07 Å². The Kier molecular flexibility index (Phi) is 4.95. The molecular weight excluding hydrogens is 315 g/mol. The van der Waals surface area contributed by atoms with Crippen LogP contribution in [0.2, 0.25) is 0 Å². The number of hydrogen-bond acceptors (Lipinski definition) is 3. The molecular formula is C14H18BrFO3. The van der Waals surface area contributed by atoms with E-state index in [2.05, 4.69) is 15.9 Å². The maximum absolute atomic E-state index is 13.2. The van der Waals surface area contributed by atoms with Gasteiger partial charge in [-0.2, -0.15) is 0 Å². The zero-order valence-electron chi connectivity index (χ0n) is 10.9. The summed E-state index contributed by atoms with van der Waals surface area (Å²) >= 11 is 3.15. The first kappa shape index (κ1) is 14.9. The molecule has 0 amide bonds. The lowest BCUT2D eigenvalue weighted by Gasteiger charge is -2.39. The first-order valence-electron chi connectivity index (χ1n) is 6.32. The molecule has 19 heavy (non-hydrogen) atoms. The summed E-state index contributed by atoms with van der Waals surface area (Å²) in [4.78, 5) is 0. The standard InChI is InChI=1S/C14H18BrFO3/c1-18-14(4-6-19-7-5-14)13(17)9-10-2-3-12(16)11(15)8-10/h2-3,8,13,17H,4-7,9H2,1H3. The van der Waals surface area contributed by atoms with Crippen molar-refractivity contribution in [2.24, 2.45) is 0 Å². The van der Waals surface area contributed by atoms with Gasteiger partial charge in [0, 0.05) is 39.6 Å². The zero-order valence-corrected chi connectivity index (χ0v) is 12.5. The molecule has 1 N–H and O–H groups in total. The average Bonchev–Trinajstić information content (AvgIpc) is 2.43. The first-order chi connectivity index (χ1) is 9.07. The van der Waals surface area contributed by atoms with Gasteiger partial charge in [0.25, 0.3) is 0 Å². The number of aliphatic hydroxyl groups excluding tert-OH is 1. The van der Waals surface area contributed by atoms with E-state index >= 15 is 0 Å². The minimum atomic E-state index is -0.626. The van der Waals surface area contributed by atoms with E-state index in [1.165, 1.54) is 6.07 Å². The summed E-state index contributed by atoms with van der Waals surface area (Å²) in [6.07, 6.45) is 1.16. The van der Waals surface area contributed by atoms with E-state index in [0.29, 0.717) is 36.9 Å². The second kappa shape index (κ2) is 6.31. The van der Waals surface area contributed by atoms with Crippen LogP contribution in [-0.4, -0.2) is 37.1 Å². The summed E-state index contributed by atoms with van der Waals surface area (Å²) in [5.74, 6) is -0.300. The lowest BCUT2D eigenvalue weighted by atomic mass is 9.85. The maximum atomic E-state index is 13.2. The number of halogens is 2. The van der Waals surface area contributed by atoms with E-state index in [0.717, 1.165) is 5.56 Å². The van der Waals surface area contributed by atoms with Gasteiger partial charge in [0.1, 0.15) is 5.82 Å². The Morgan fingerprint density at radius 3 is 2.74 bits per heavy atom. The van der Waals surface area contributed by atoms with Crippen LogP contribution in [-0.2, 0) is 15.9 Å². The van der Waals surface area contributed by atoms with Crippen LogP contribution in [0.1, 0.15) is 18.4 Å². The molecule has 1 aromatic rings. The Labute approximate surface area is 120 Å². The first-order valence-corrected chi connectivity index (χ1v) is 7.11. The maximum Gasteiger partial charge on any atom is 0.137 e. The Bertz CT molecular complexity index is 433. The minimum Gasteiger partial charge on any atom is -0.390 e. The summed E-state index contributed by atoms with van der Waals surface area (Å²) in [6, 6.07) is 4.78. The fourth-order valence-electron chi connectivity index (χ4n) is 2.47. The second-order valence-corrected chi connectivity index (χ2v) is 5.70. The Morgan fingerprint density at radius 2 is 2.16 bits per heavy atom. The number of benzene rings is 1. The van der Waals surface area contributed by atoms with E-state index < -0.39 is 11.7 Å². The van der Waals surface area contributed by atoms with Crippen molar-refractivity contribution in [3.63, 3.8) is 0 Å². The van der Waals surface area contributed by atoms with Crippen LogP contribution in [0.25, 0.3) is 0 Å². The van der Waals surface area contributed by atoms with Crippen molar-refractivity contribution >= 4 is 15.9 Å². The quantitative estimate of drug-likeness (QED) is 0.921. The SMILES string of the molecule is COC1(C(O)Cc2ccc(F)c(Br)c2)CCOCC1. The Hall–Kier alpha value is -0.490. The van der Waals surface area contributed by atoms with Crippen molar-refractivity contribution in [2.45, 2.75) is 31.0 Å². The minimum absolute atomic E-state index is 0.300. The molecule has 0 aromatic heterocycles. The molecule has 1 unspecified atom stereocenters. The van der Waals surface area contributed by atoms with Gasteiger partial charge in [-0.05, 0) is 33.6 Å². The fraction of sp³-hybridized carbons (Fsp3) is 0.571. The van der Waals surface area contributed by atoms with Gasteiger partial charge in [-0.3, -0.25) is 0 Å². The summed E-state index contributed by atoms with van der Waals surface area (Å²) in [5, 5.41) is 10.4. The number of rotatable bonds is 4. The largest absolute Gasteiger partial charge is 0.390 e. The number of hydrogen-bond donors (Lipinski definition) is 1. The summed E-state index contributed by atoms with van der Waals surface area (Å²) in [7, 11) is 1.62. The van der Waals surface area contributed by atoms with Gasteiger partial charge in [0.05, 0.1) is 16.2 Å². The highest BCUT2D eigenvalue weighted by atomic mass is 79.9. The molecule has 0 radical (unpaired) electrons. The van der Waals surface area contributed by atoms with Gasteiger partial charge in [0.15, 0.2) is 0 Å². The molecule has 0 spiro atoms. The van der Waals surface area contributed by atoms with E-state index in [9.17, 15) is 9.50 Å². The molecule has 1 atom stereocenters. The van der Waals surface area contributed by atoms with Crippen molar-refractivity contribution in [2.75, 3.05) is 20.3 Å². The molecule has 1 saturated heterocycles. The molecule has 1 aromatic carbocycles. The van der Waals surface area contributed by atoms with Crippen LogP contribution >= 0.6 is 15.9 Å². The highest BCUT2D eigenvalue weighted by Crippen LogP contribution is 2.30. The van der Waals surface area contributed by atoms with Gasteiger partial charge in [-0.25, -0.2) is 4.39 Å². The topological polar surface area (TPSA) is 38.7 Å². The van der Waals surface area contributed by atoms with Crippen molar-refractivity contribution in [3.8, 4) is 0 Å². The predicted octanol–water partition coefficient (Wildman–Crippen LogP) is 2.69. The van der Waals surface area contributed by atoms with Crippen molar-refractivity contribution in [1.82, 2.24) is 0 Å². The van der Waals surface area contributed by atoms with Crippen LogP contribution in [0.3, 0.4) is 0 Å². The van der Waals surface area contributed by atoms with E-state index in [4.69, 9.17) is 9.47 Å². The van der Waals surface area contributed by atoms with E-state index in [1.807, 2.05) is 0 Å². The average molecular weight is 333 g/mol. The molecule has 5 heteroatoms. The molecule has 0 aliphatic carbocycles. The van der Waals surface area contributed by atoms with Crippen LogP contribution in [0.5, 0.6) is 0 Å². The van der Waals surface area contributed by atoms with Crippen LogP contribution in [0.4, 0.5) is 4.39 Å². The van der Waals surface area contributed by atoms with Crippen LogP contribution in [0, 0.1) is 5.82 Å².